The Bertz CT molecular complexity index is 1000. The summed E-state index contributed by atoms with van der Waals surface area (Å²) < 4.78 is 12.9. The molecule has 0 aliphatic rings. The Morgan fingerprint density at radius 3 is 2.62 bits per heavy atom. The number of anilines is 1. The van der Waals surface area contributed by atoms with Crippen molar-refractivity contribution in [1.29, 1.82) is 0 Å². The summed E-state index contributed by atoms with van der Waals surface area (Å²) in [5, 5.41) is 11.9. The molecule has 3 rings (SSSR count). The number of nitrogens with one attached hydrogen (secondary N) is 1. The highest BCUT2D eigenvalue weighted by Gasteiger charge is 2.13. The third kappa shape index (κ3) is 5.29. The Hall–Kier alpha value is -3.00. The van der Waals surface area contributed by atoms with E-state index in [1.807, 2.05) is 67.9 Å². The van der Waals surface area contributed by atoms with Crippen LogP contribution in [-0.4, -0.2) is 33.5 Å². The van der Waals surface area contributed by atoms with Gasteiger partial charge in [-0.25, -0.2) is 0 Å². The first-order chi connectivity index (χ1) is 14.0. The number of aryl methyl sites for hydroxylation is 2. The lowest BCUT2D eigenvalue weighted by atomic mass is 10.1. The maximum absolute atomic E-state index is 12.3. The second-order valence-electron chi connectivity index (χ2n) is 6.55. The van der Waals surface area contributed by atoms with Crippen LogP contribution in [0.4, 0.5) is 5.69 Å². The van der Waals surface area contributed by atoms with Gasteiger partial charge >= 0.3 is 0 Å². The first kappa shape index (κ1) is 20.7. The smallest absolute Gasteiger partial charge is 0.234 e. The second kappa shape index (κ2) is 9.47. The molecule has 8 heteroatoms. The van der Waals surface area contributed by atoms with Crippen molar-refractivity contribution >= 4 is 23.4 Å². The van der Waals surface area contributed by atoms with Crippen LogP contribution in [0, 0.1) is 13.8 Å². The summed E-state index contributed by atoms with van der Waals surface area (Å²) in [6.45, 7) is 4.25. The molecular formula is C21H24N4O3S. The van der Waals surface area contributed by atoms with Crippen molar-refractivity contribution in [3.05, 3.63) is 59.4 Å². The summed E-state index contributed by atoms with van der Waals surface area (Å²) in [6.07, 6.45) is 0. The lowest BCUT2D eigenvalue weighted by Gasteiger charge is -2.10. The number of rotatable bonds is 8. The van der Waals surface area contributed by atoms with Crippen LogP contribution in [-0.2, 0) is 18.4 Å². The molecule has 0 unspecified atom stereocenters. The number of aromatic nitrogens is 3. The minimum Gasteiger partial charge on any atom is -0.493 e. The standard InChI is InChI=1S/C21H24N4O3S/c1-14-9-10-16(15(2)11-14)22-20(26)13-29-21-24-23-19(25(21)3)12-28-18-8-6-5-7-17(18)27-4/h5-11H,12-13H2,1-4H3,(H,22,26). The zero-order chi connectivity index (χ0) is 20.8. The molecule has 1 aromatic heterocycles. The van der Waals surface area contributed by atoms with E-state index in [1.165, 1.54) is 11.8 Å². The molecule has 7 nitrogen and oxygen atoms in total. The van der Waals surface area contributed by atoms with Crippen molar-refractivity contribution in [2.75, 3.05) is 18.2 Å². The van der Waals surface area contributed by atoms with Gasteiger partial charge in [0.1, 0.15) is 6.61 Å². The molecule has 0 saturated carbocycles. The van der Waals surface area contributed by atoms with Gasteiger partial charge in [0.15, 0.2) is 22.5 Å². The molecule has 152 valence electrons. The molecular weight excluding hydrogens is 388 g/mol. The number of nitrogens with zero attached hydrogens (tertiary/aromatic N) is 3. The molecule has 1 heterocycles. The summed E-state index contributed by atoms with van der Waals surface area (Å²) in [7, 11) is 3.45. The normalized spacial score (nSPS) is 10.6. The number of ether oxygens (including phenoxy) is 2. The van der Waals surface area contributed by atoms with E-state index in [-0.39, 0.29) is 18.3 Å². The zero-order valence-electron chi connectivity index (χ0n) is 16.9. The molecule has 0 bridgehead atoms. The van der Waals surface area contributed by atoms with Crippen LogP contribution in [0.25, 0.3) is 0 Å². The van der Waals surface area contributed by atoms with E-state index >= 15 is 0 Å². The molecule has 0 saturated heterocycles. The first-order valence-corrected chi connectivity index (χ1v) is 10.1. The molecule has 0 aliphatic heterocycles. The minimum absolute atomic E-state index is 0.0863. The van der Waals surface area contributed by atoms with E-state index in [0.717, 1.165) is 16.8 Å². The van der Waals surface area contributed by atoms with Gasteiger partial charge in [-0.15, -0.1) is 10.2 Å². The van der Waals surface area contributed by atoms with Gasteiger partial charge in [-0.1, -0.05) is 41.6 Å². The summed E-state index contributed by atoms with van der Waals surface area (Å²) in [6, 6.07) is 13.4. The summed E-state index contributed by atoms with van der Waals surface area (Å²) in [4.78, 5) is 12.3. The van der Waals surface area contributed by atoms with Crippen LogP contribution in [0.3, 0.4) is 0 Å². The number of para-hydroxylation sites is 2. The summed E-state index contributed by atoms with van der Waals surface area (Å²) in [5.41, 5.74) is 3.03. The van der Waals surface area contributed by atoms with E-state index in [4.69, 9.17) is 9.47 Å². The van der Waals surface area contributed by atoms with Gasteiger partial charge in [0.25, 0.3) is 0 Å². The van der Waals surface area contributed by atoms with Crippen molar-refractivity contribution in [3.8, 4) is 11.5 Å². The molecule has 0 aliphatic carbocycles. The van der Waals surface area contributed by atoms with Gasteiger partial charge in [0.05, 0.1) is 12.9 Å². The van der Waals surface area contributed by atoms with Gasteiger partial charge < -0.3 is 19.4 Å². The van der Waals surface area contributed by atoms with Crippen molar-refractivity contribution < 1.29 is 14.3 Å². The van der Waals surface area contributed by atoms with Gasteiger partial charge in [0.2, 0.25) is 5.91 Å². The largest absolute Gasteiger partial charge is 0.493 e. The predicted octanol–water partition coefficient (Wildman–Crippen LogP) is 3.75. The topological polar surface area (TPSA) is 78.3 Å². The monoisotopic (exact) mass is 412 g/mol. The maximum atomic E-state index is 12.3. The van der Waals surface area contributed by atoms with Crippen molar-refractivity contribution in [3.63, 3.8) is 0 Å². The molecule has 0 atom stereocenters. The first-order valence-electron chi connectivity index (χ1n) is 9.12. The van der Waals surface area contributed by atoms with Crippen LogP contribution >= 0.6 is 11.8 Å². The molecule has 0 radical (unpaired) electrons. The van der Waals surface area contributed by atoms with Crippen LogP contribution in [0.15, 0.2) is 47.6 Å². The van der Waals surface area contributed by atoms with Crippen LogP contribution < -0.4 is 14.8 Å². The number of amides is 1. The number of thioether (sulfide) groups is 1. The average molecular weight is 413 g/mol. The fourth-order valence-electron chi connectivity index (χ4n) is 2.75. The Kier molecular flexibility index (Phi) is 6.77. The van der Waals surface area contributed by atoms with Gasteiger partial charge in [-0.05, 0) is 37.6 Å². The third-order valence-corrected chi connectivity index (χ3v) is 5.36. The Labute approximate surface area is 174 Å². The lowest BCUT2D eigenvalue weighted by molar-refractivity contribution is -0.113. The molecule has 2 aromatic carbocycles. The highest BCUT2D eigenvalue weighted by atomic mass is 32.2. The Morgan fingerprint density at radius 2 is 1.90 bits per heavy atom. The summed E-state index contributed by atoms with van der Waals surface area (Å²) in [5.74, 6) is 2.12. The van der Waals surface area contributed by atoms with E-state index < -0.39 is 0 Å². The van der Waals surface area contributed by atoms with E-state index in [2.05, 4.69) is 15.5 Å². The van der Waals surface area contributed by atoms with Crippen molar-refractivity contribution in [2.45, 2.75) is 25.6 Å². The molecule has 3 aromatic rings. The van der Waals surface area contributed by atoms with Gasteiger partial charge in [-0.2, -0.15) is 0 Å². The van der Waals surface area contributed by atoms with E-state index in [9.17, 15) is 4.79 Å². The molecule has 0 spiro atoms. The maximum Gasteiger partial charge on any atom is 0.234 e. The summed E-state index contributed by atoms with van der Waals surface area (Å²) >= 11 is 1.33. The van der Waals surface area contributed by atoms with Crippen LogP contribution in [0.5, 0.6) is 11.5 Å². The lowest BCUT2D eigenvalue weighted by Crippen LogP contribution is -2.15. The molecule has 29 heavy (non-hydrogen) atoms. The number of benzene rings is 2. The number of hydrogen-bond donors (Lipinski definition) is 1. The van der Waals surface area contributed by atoms with Crippen LogP contribution in [0.1, 0.15) is 17.0 Å². The van der Waals surface area contributed by atoms with Crippen molar-refractivity contribution in [2.24, 2.45) is 7.05 Å². The SMILES string of the molecule is COc1ccccc1OCc1nnc(SCC(=O)Nc2ccc(C)cc2C)n1C. The molecule has 1 N–H and O–H groups in total. The van der Waals surface area contributed by atoms with E-state index in [0.29, 0.717) is 22.5 Å². The Morgan fingerprint density at radius 1 is 1.14 bits per heavy atom. The van der Waals surface area contributed by atoms with Crippen molar-refractivity contribution in [1.82, 2.24) is 14.8 Å². The zero-order valence-corrected chi connectivity index (χ0v) is 17.7. The average Bonchev–Trinajstić information content (AvgIpc) is 3.06. The molecule has 0 fully saturated rings. The van der Waals surface area contributed by atoms with E-state index in [1.54, 1.807) is 7.11 Å². The number of carbonyl (C=O) groups is 1. The van der Waals surface area contributed by atoms with Gasteiger partial charge in [0, 0.05) is 12.7 Å². The van der Waals surface area contributed by atoms with Gasteiger partial charge in [-0.3, -0.25) is 4.79 Å². The number of hydrogen-bond acceptors (Lipinski definition) is 6. The second-order valence-corrected chi connectivity index (χ2v) is 7.50. The predicted molar refractivity (Wildman–Crippen MR) is 114 cm³/mol. The third-order valence-electron chi connectivity index (χ3n) is 4.34. The quantitative estimate of drug-likeness (QED) is 0.568. The highest BCUT2D eigenvalue weighted by Crippen LogP contribution is 2.27. The number of carbonyl (C=O) groups excluding carboxylic acids is 1. The minimum atomic E-state index is -0.0863. The fourth-order valence-corrected chi connectivity index (χ4v) is 3.48. The Balaban J connectivity index is 1.56. The number of methoxy groups -OCH3 is 1. The fraction of sp³-hybridized carbons (Fsp3) is 0.286. The highest BCUT2D eigenvalue weighted by molar-refractivity contribution is 7.99. The van der Waals surface area contributed by atoms with Crippen LogP contribution in [0.2, 0.25) is 0 Å². The molecule has 1 amide bonds.